The lowest BCUT2D eigenvalue weighted by atomic mass is 10.3. The molecule has 0 radical (unpaired) electrons. The Bertz CT molecular complexity index is 212. The molecule has 0 aliphatic carbocycles. The van der Waals surface area contributed by atoms with E-state index in [1.807, 2.05) is 0 Å². The maximum atomic E-state index is 8.31. The molecule has 10 heavy (non-hydrogen) atoms. The van der Waals surface area contributed by atoms with Crippen molar-refractivity contribution in [1.29, 1.82) is 0 Å². The second-order valence-corrected chi connectivity index (χ2v) is 1.79. The van der Waals surface area contributed by atoms with Crippen LogP contribution in [0.5, 0.6) is 5.75 Å². The van der Waals surface area contributed by atoms with Crippen molar-refractivity contribution in [3.8, 4) is 5.75 Å². The first-order valence-electron chi connectivity index (χ1n) is 2.70. The highest BCUT2D eigenvalue weighted by Gasteiger charge is 2.11. The molecule has 2 N–H and O–H groups in total. The third kappa shape index (κ3) is 1.75. The van der Waals surface area contributed by atoms with Gasteiger partial charge in [-0.2, -0.15) is 5.10 Å². The van der Waals surface area contributed by atoms with Gasteiger partial charge in [-0.3, -0.25) is 4.68 Å². The van der Waals surface area contributed by atoms with Gasteiger partial charge in [0.15, 0.2) is 0 Å². The largest absolute Gasteiger partial charge is 0.707 e. The Hall–Kier alpha value is -1.01. The van der Waals surface area contributed by atoms with Gasteiger partial charge in [0.1, 0.15) is 5.75 Å². The minimum Gasteiger partial charge on any atom is -0.509 e. The Morgan fingerprint density at radius 3 is 2.80 bits per heavy atom. The molecule has 54 valence electrons. The maximum absolute atomic E-state index is 8.31. The summed E-state index contributed by atoms with van der Waals surface area (Å²) in [6.07, 6.45) is 2.92. The zero-order chi connectivity index (χ0) is 7.56. The Morgan fingerprint density at radius 2 is 2.40 bits per heavy atom. The van der Waals surface area contributed by atoms with Gasteiger partial charge in [0.2, 0.25) is 0 Å². The first-order valence-corrected chi connectivity index (χ1v) is 2.70. The minimum absolute atomic E-state index is 0.331. The number of nitrogens with zero attached hydrogens (tertiary/aromatic N) is 2. The van der Waals surface area contributed by atoms with Crippen LogP contribution in [0.1, 0.15) is 0 Å². The molecule has 1 heterocycles. The SMILES string of the molecule is Cn1cc(OB(O)O)cn1. The first-order chi connectivity index (χ1) is 4.68. The molecule has 1 aromatic heterocycles. The van der Waals surface area contributed by atoms with Crippen molar-refractivity contribution in [3.05, 3.63) is 12.4 Å². The zero-order valence-corrected chi connectivity index (χ0v) is 5.43. The standard InChI is InChI=1S/C4H7BN2O3/c1-7-3-4(2-6-7)10-5(8)9/h2-3,8-9H,1H3. The molecular formula is C4H7BN2O3. The molecule has 0 saturated carbocycles. The summed E-state index contributed by atoms with van der Waals surface area (Å²) in [6, 6.07) is 0. The van der Waals surface area contributed by atoms with E-state index in [4.69, 9.17) is 10.0 Å². The summed E-state index contributed by atoms with van der Waals surface area (Å²) in [5, 5.41) is 20.4. The van der Waals surface area contributed by atoms with Gasteiger partial charge in [0.25, 0.3) is 0 Å². The van der Waals surface area contributed by atoms with Crippen molar-refractivity contribution in [2.45, 2.75) is 0 Å². The highest BCUT2D eigenvalue weighted by Crippen LogP contribution is 2.06. The van der Waals surface area contributed by atoms with Crippen LogP contribution in [0, 0.1) is 0 Å². The molecule has 0 atom stereocenters. The number of rotatable bonds is 2. The third-order valence-electron chi connectivity index (χ3n) is 0.923. The van der Waals surface area contributed by atoms with Crippen LogP contribution < -0.4 is 4.65 Å². The van der Waals surface area contributed by atoms with Crippen molar-refractivity contribution < 1.29 is 14.7 Å². The molecule has 0 fully saturated rings. The lowest BCUT2D eigenvalue weighted by molar-refractivity contribution is 0.288. The summed E-state index contributed by atoms with van der Waals surface area (Å²) < 4.78 is 5.96. The Labute approximate surface area is 58.0 Å². The fourth-order valence-electron chi connectivity index (χ4n) is 0.581. The average molecular weight is 142 g/mol. The third-order valence-corrected chi connectivity index (χ3v) is 0.923. The van der Waals surface area contributed by atoms with Crippen molar-refractivity contribution in [2.75, 3.05) is 0 Å². The van der Waals surface area contributed by atoms with Gasteiger partial charge in [-0.1, -0.05) is 0 Å². The van der Waals surface area contributed by atoms with Gasteiger partial charge in [-0.25, -0.2) is 0 Å². The summed E-state index contributed by atoms with van der Waals surface area (Å²) in [5.41, 5.74) is 0. The Balaban J connectivity index is 2.58. The van der Waals surface area contributed by atoms with Gasteiger partial charge in [-0.15, -0.1) is 0 Å². The maximum Gasteiger partial charge on any atom is 0.707 e. The second kappa shape index (κ2) is 2.72. The highest BCUT2D eigenvalue weighted by molar-refractivity contribution is 6.33. The normalized spacial score (nSPS) is 9.50. The van der Waals surface area contributed by atoms with Crippen molar-refractivity contribution in [2.24, 2.45) is 7.05 Å². The predicted octanol–water partition coefficient (Wildman–Crippen LogP) is -1.23. The van der Waals surface area contributed by atoms with E-state index < -0.39 is 7.32 Å². The molecule has 0 unspecified atom stereocenters. The number of aromatic nitrogens is 2. The van der Waals surface area contributed by atoms with E-state index in [-0.39, 0.29) is 0 Å². The molecular weight excluding hydrogens is 135 g/mol. The van der Waals surface area contributed by atoms with Gasteiger partial charge < -0.3 is 14.7 Å². The summed E-state index contributed by atoms with van der Waals surface area (Å²) in [7, 11) is -0.0689. The topological polar surface area (TPSA) is 67.5 Å². The lowest BCUT2D eigenvalue weighted by Gasteiger charge is -1.97. The van der Waals surface area contributed by atoms with E-state index in [2.05, 4.69) is 9.75 Å². The summed E-state index contributed by atoms with van der Waals surface area (Å²) in [4.78, 5) is 0. The highest BCUT2D eigenvalue weighted by atomic mass is 16.6. The molecule has 0 aliphatic rings. The summed E-state index contributed by atoms with van der Waals surface area (Å²) >= 11 is 0. The van der Waals surface area contributed by atoms with Crippen LogP contribution in [-0.4, -0.2) is 27.1 Å². The number of hydrogen-bond donors (Lipinski definition) is 2. The minimum atomic E-state index is -1.77. The molecule has 1 rings (SSSR count). The average Bonchev–Trinajstić information content (AvgIpc) is 2.13. The monoisotopic (exact) mass is 142 g/mol. The fourth-order valence-corrected chi connectivity index (χ4v) is 0.581. The number of hydrogen-bond acceptors (Lipinski definition) is 4. The van der Waals surface area contributed by atoms with Gasteiger partial charge in [-0.05, 0) is 0 Å². The van der Waals surface area contributed by atoms with Gasteiger partial charge in [0.05, 0.1) is 12.4 Å². The molecule has 1 aromatic rings. The number of aryl methyl sites for hydroxylation is 1. The van der Waals surface area contributed by atoms with E-state index in [9.17, 15) is 0 Å². The quantitative estimate of drug-likeness (QED) is 0.507. The summed E-state index contributed by atoms with van der Waals surface area (Å²) in [5.74, 6) is 0.331. The zero-order valence-electron chi connectivity index (χ0n) is 5.43. The van der Waals surface area contributed by atoms with E-state index in [0.717, 1.165) is 0 Å². The predicted molar refractivity (Wildman–Crippen MR) is 34.0 cm³/mol. The van der Waals surface area contributed by atoms with Crippen LogP contribution in [0.4, 0.5) is 0 Å². The second-order valence-electron chi connectivity index (χ2n) is 1.79. The van der Waals surface area contributed by atoms with Crippen LogP contribution >= 0.6 is 0 Å². The molecule has 6 heteroatoms. The lowest BCUT2D eigenvalue weighted by Crippen LogP contribution is -2.20. The van der Waals surface area contributed by atoms with E-state index >= 15 is 0 Å². The molecule has 0 aliphatic heterocycles. The van der Waals surface area contributed by atoms with Crippen LogP contribution in [-0.2, 0) is 7.05 Å². The smallest absolute Gasteiger partial charge is 0.509 e. The van der Waals surface area contributed by atoms with Crippen LogP contribution in [0.2, 0.25) is 0 Å². The molecule has 0 amide bonds. The fraction of sp³-hybridized carbons (Fsp3) is 0.250. The first kappa shape index (κ1) is 7.11. The van der Waals surface area contributed by atoms with Crippen molar-refractivity contribution in [1.82, 2.24) is 9.78 Å². The van der Waals surface area contributed by atoms with Gasteiger partial charge >= 0.3 is 7.32 Å². The van der Waals surface area contributed by atoms with Crippen molar-refractivity contribution in [3.63, 3.8) is 0 Å². The van der Waals surface area contributed by atoms with E-state index in [0.29, 0.717) is 5.75 Å². The molecule has 0 saturated heterocycles. The van der Waals surface area contributed by atoms with Crippen LogP contribution in [0.3, 0.4) is 0 Å². The van der Waals surface area contributed by atoms with Gasteiger partial charge in [0, 0.05) is 7.05 Å². The van der Waals surface area contributed by atoms with E-state index in [1.54, 1.807) is 7.05 Å². The summed E-state index contributed by atoms with van der Waals surface area (Å²) in [6.45, 7) is 0. The van der Waals surface area contributed by atoms with E-state index in [1.165, 1.54) is 17.1 Å². The Kier molecular flexibility index (Phi) is 1.93. The Morgan fingerprint density at radius 1 is 1.70 bits per heavy atom. The van der Waals surface area contributed by atoms with Crippen molar-refractivity contribution >= 4 is 7.32 Å². The molecule has 0 aromatic carbocycles. The molecule has 5 nitrogen and oxygen atoms in total. The molecule has 0 bridgehead atoms. The molecule has 0 spiro atoms. The van der Waals surface area contributed by atoms with Crippen LogP contribution in [0.25, 0.3) is 0 Å². The van der Waals surface area contributed by atoms with Crippen LogP contribution in [0.15, 0.2) is 12.4 Å².